The number of nitrogens with zero attached hydrogens (tertiary/aromatic N) is 3. The minimum Gasteiger partial charge on any atom is -0.508 e. The minimum atomic E-state index is -0.951. The third kappa shape index (κ3) is 5.12. The van der Waals surface area contributed by atoms with E-state index < -0.39 is 11.6 Å². The van der Waals surface area contributed by atoms with Crippen LogP contribution in [-0.4, -0.2) is 55.2 Å². The predicted molar refractivity (Wildman–Crippen MR) is 135 cm³/mol. The Morgan fingerprint density at radius 1 is 1.23 bits per heavy atom. The third-order valence-corrected chi connectivity index (χ3v) is 6.71. The van der Waals surface area contributed by atoms with Gasteiger partial charge in [0.25, 0.3) is 0 Å². The molecule has 0 radical (unpaired) electrons. The quantitative estimate of drug-likeness (QED) is 0.393. The summed E-state index contributed by atoms with van der Waals surface area (Å²) in [4.78, 5) is 19.3. The van der Waals surface area contributed by atoms with E-state index in [0.29, 0.717) is 13.0 Å². The smallest absolute Gasteiger partial charge is 0.335 e. The summed E-state index contributed by atoms with van der Waals surface area (Å²) in [6.45, 7) is 10.6. The molecule has 0 fully saturated rings. The average Bonchev–Trinajstić information content (AvgIpc) is 3.38. The highest BCUT2D eigenvalue weighted by Crippen LogP contribution is 2.36. The van der Waals surface area contributed by atoms with Crippen LogP contribution in [0.3, 0.4) is 0 Å². The van der Waals surface area contributed by atoms with Gasteiger partial charge in [-0.25, -0.2) is 4.79 Å². The second kappa shape index (κ2) is 9.62. The molecule has 1 aliphatic heterocycles. The van der Waals surface area contributed by atoms with Gasteiger partial charge >= 0.3 is 5.97 Å². The van der Waals surface area contributed by atoms with E-state index in [1.165, 1.54) is 6.07 Å². The Balaban J connectivity index is 1.45. The molecule has 4 rings (SSSR count). The van der Waals surface area contributed by atoms with Crippen molar-refractivity contribution in [1.82, 2.24) is 9.47 Å². The van der Waals surface area contributed by atoms with Crippen molar-refractivity contribution in [3.05, 3.63) is 59.3 Å². The number of carboxylic acids is 1. The summed E-state index contributed by atoms with van der Waals surface area (Å²) in [6.07, 6.45) is 3.47. The molecule has 3 N–H and O–H groups in total. The normalized spacial score (nSPS) is 17.8. The first-order chi connectivity index (χ1) is 16.6. The van der Waals surface area contributed by atoms with Crippen LogP contribution in [0.25, 0.3) is 10.9 Å². The lowest BCUT2D eigenvalue weighted by Gasteiger charge is -2.26. The number of phenolic OH excluding ortho intramolecular Hbond substituents is 2. The van der Waals surface area contributed by atoms with Crippen molar-refractivity contribution in [3.8, 4) is 11.5 Å². The van der Waals surface area contributed by atoms with Crippen LogP contribution in [0.2, 0.25) is 0 Å². The summed E-state index contributed by atoms with van der Waals surface area (Å²) in [5.41, 5.74) is 3.27. The molecule has 0 saturated carbocycles. The van der Waals surface area contributed by atoms with Crippen molar-refractivity contribution in [2.45, 2.75) is 58.7 Å². The zero-order chi connectivity index (χ0) is 25.3. The van der Waals surface area contributed by atoms with Crippen molar-refractivity contribution in [1.29, 1.82) is 0 Å². The van der Waals surface area contributed by atoms with Gasteiger partial charge < -0.3 is 24.7 Å². The molecule has 1 aromatic heterocycles. The number of oxime groups is 1. The van der Waals surface area contributed by atoms with Gasteiger partial charge in [-0.2, -0.15) is 0 Å². The Kier molecular flexibility index (Phi) is 6.76. The molecule has 8 heteroatoms. The van der Waals surface area contributed by atoms with E-state index in [-0.39, 0.29) is 23.1 Å². The summed E-state index contributed by atoms with van der Waals surface area (Å²) in [6, 6.07) is 9.97. The number of hydrogen-bond donors (Lipinski definition) is 3. The maximum atomic E-state index is 11.1. The molecule has 1 atom stereocenters. The van der Waals surface area contributed by atoms with E-state index in [2.05, 4.69) is 37.0 Å². The van der Waals surface area contributed by atoms with Crippen LogP contribution in [0.1, 0.15) is 68.1 Å². The molecule has 8 nitrogen and oxygen atoms in total. The standard InChI is InChI=1S/C27H33N3O5/c1-5-29(15-20-16-30(17(2)3)25-22(20)12-21(31)13-24(25)32)11-10-27(4)14-23(28-35-27)18-6-8-19(9-7-18)26(33)34/h6-9,12-13,16-17,31-32H,5,10-11,14-15H2,1-4H3,(H,33,34). The van der Waals surface area contributed by atoms with Gasteiger partial charge in [-0.1, -0.05) is 24.2 Å². The van der Waals surface area contributed by atoms with Crippen LogP contribution < -0.4 is 0 Å². The Hall–Kier alpha value is -3.52. The van der Waals surface area contributed by atoms with E-state index in [9.17, 15) is 15.0 Å². The number of aromatic nitrogens is 1. The first-order valence-electron chi connectivity index (χ1n) is 12.0. The molecule has 3 aromatic rings. The van der Waals surface area contributed by atoms with Gasteiger partial charge in [-0.15, -0.1) is 0 Å². The minimum absolute atomic E-state index is 0.0498. The average molecular weight is 480 g/mol. The lowest BCUT2D eigenvalue weighted by molar-refractivity contribution is -0.0164. The molecule has 2 heterocycles. The highest BCUT2D eigenvalue weighted by molar-refractivity contribution is 6.02. The van der Waals surface area contributed by atoms with Crippen LogP contribution >= 0.6 is 0 Å². The lowest BCUT2D eigenvalue weighted by atomic mass is 9.92. The van der Waals surface area contributed by atoms with Crippen LogP contribution in [0, 0.1) is 0 Å². The van der Waals surface area contributed by atoms with Crippen molar-refractivity contribution in [2.75, 3.05) is 13.1 Å². The Labute approximate surface area is 205 Å². The van der Waals surface area contributed by atoms with E-state index >= 15 is 0 Å². The molecule has 186 valence electrons. The van der Waals surface area contributed by atoms with Gasteiger partial charge in [-0.3, -0.25) is 4.90 Å². The fourth-order valence-corrected chi connectivity index (χ4v) is 4.62. The third-order valence-electron chi connectivity index (χ3n) is 6.71. The van der Waals surface area contributed by atoms with E-state index in [1.807, 2.05) is 11.5 Å². The first kappa shape index (κ1) is 24.6. The molecule has 0 saturated heterocycles. The fourth-order valence-electron chi connectivity index (χ4n) is 4.62. The van der Waals surface area contributed by atoms with Gasteiger partial charge in [-0.05, 0) is 56.6 Å². The summed E-state index contributed by atoms with van der Waals surface area (Å²) in [5.74, 6) is -0.822. The predicted octanol–water partition coefficient (Wildman–Crippen LogP) is 5.13. The van der Waals surface area contributed by atoms with E-state index in [4.69, 9.17) is 9.94 Å². The maximum absolute atomic E-state index is 11.1. The fraction of sp³-hybridized carbons (Fsp3) is 0.407. The number of phenols is 2. The van der Waals surface area contributed by atoms with Gasteiger partial charge in [0.2, 0.25) is 0 Å². The first-order valence-corrected chi connectivity index (χ1v) is 12.0. The van der Waals surface area contributed by atoms with Crippen molar-refractivity contribution < 1.29 is 25.0 Å². The summed E-state index contributed by atoms with van der Waals surface area (Å²) in [5, 5.41) is 34.8. The number of aromatic carboxylic acids is 1. The van der Waals surface area contributed by atoms with Crippen molar-refractivity contribution >= 4 is 22.6 Å². The molecular weight excluding hydrogens is 446 g/mol. The number of rotatable bonds is 9. The molecular formula is C27H33N3O5. The lowest BCUT2D eigenvalue weighted by Crippen LogP contribution is -2.33. The molecule has 0 aliphatic carbocycles. The number of carbonyl (C=O) groups is 1. The number of hydrogen-bond acceptors (Lipinski definition) is 6. The number of carboxylic acid groups (broad SMARTS) is 1. The van der Waals surface area contributed by atoms with Crippen LogP contribution in [-0.2, 0) is 11.4 Å². The van der Waals surface area contributed by atoms with E-state index in [1.54, 1.807) is 30.3 Å². The zero-order valence-electron chi connectivity index (χ0n) is 20.7. The van der Waals surface area contributed by atoms with Gasteiger partial charge in [0.15, 0.2) is 0 Å². The van der Waals surface area contributed by atoms with Crippen molar-refractivity contribution in [3.63, 3.8) is 0 Å². The Bertz CT molecular complexity index is 1260. The highest BCUT2D eigenvalue weighted by Gasteiger charge is 2.35. The molecule has 2 aromatic carbocycles. The van der Waals surface area contributed by atoms with Gasteiger partial charge in [0.05, 0.1) is 16.8 Å². The summed E-state index contributed by atoms with van der Waals surface area (Å²) in [7, 11) is 0. The number of aromatic hydroxyl groups is 2. The van der Waals surface area contributed by atoms with Crippen LogP contribution in [0.4, 0.5) is 0 Å². The van der Waals surface area contributed by atoms with Crippen molar-refractivity contribution in [2.24, 2.45) is 5.16 Å². The number of fused-ring (bicyclic) bond motifs is 1. The molecule has 0 bridgehead atoms. The SMILES string of the molecule is CCN(CCC1(C)CC(c2ccc(C(=O)O)cc2)=NO1)Cc1cn(C(C)C)c2c(O)cc(O)cc12. The van der Waals surface area contributed by atoms with Gasteiger partial charge in [0.1, 0.15) is 17.1 Å². The highest BCUT2D eigenvalue weighted by atomic mass is 16.7. The largest absolute Gasteiger partial charge is 0.508 e. The summed E-state index contributed by atoms with van der Waals surface area (Å²) >= 11 is 0. The van der Waals surface area contributed by atoms with Gasteiger partial charge in [0, 0.05) is 49.6 Å². The summed E-state index contributed by atoms with van der Waals surface area (Å²) < 4.78 is 2.05. The Morgan fingerprint density at radius 3 is 2.57 bits per heavy atom. The van der Waals surface area contributed by atoms with Crippen LogP contribution in [0.5, 0.6) is 11.5 Å². The molecule has 1 unspecified atom stereocenters. The second-order valence-corrected chi connectivity index (χ2v) is 9.77. The maximum Gasteiger partial charge on any atom is 0.335 e. The topological polar surface area (TPSA) is 108 Å². The zero-order valence-corrected chi connectivity index (χ0v) is 20.7. The number of benzene rings is 2. The molecule has 1 aliphatic rings. The van der Waals surface area contributed by atoms with E-state index in [0.717, 1.165) is 47.3 Å². The Morgan fingerprint density at radius 2 is 1.94 bits per heavy atom. The molecule has 0 spiro atoms. The molecule has 0 amide bonds. The monoisotopic (exact) mass is 479 g/mol. The molecule has 35 heavy (non-hydrogen) atoms. The van der Waals surface area contributed by atoms with Crippen LogP contribution in [0.15, 0.2) is 47.8 Å². The second-order valence-electron chi connectivity index (χ2n) is 9.77.